The van der Waals surface area contributed by atoms with Crippen LogP contribution in [0.2, 0.25) is 0 Å². The van der Waals surface area contributed by atoms with Gasteiger partial charge in [-0.2, -0.15) is 0 Å². The number of carboxylic acids is 1. The number of carbonyl (C=O) groups is 1. The largest absolute Gasteiger partial charge is 0.493 e. The maximum Gasteiger partial charge on any atom is 0.337 e. The second-order valence-corrected chi connectivity index (χ2v) is 6.48. The summed E-state index contributed by atoms with van der Waals surface area (Å²) in [6.45, 7) is 0. The van der Waals surface area contributed by atoms with Gasteiger partial charge in [-0.05, 0) is 0 Å². The maximum absolute atomic E-state index is 13.8. The Morgan fingerprint density at radius 1 is 1.00 bits per heavy atom. The predicted octanol–water partition coefficient (Wildman–Crippen LogP) is 2.62. The van der Waals surface area contributed by atoms with Crippen molar-refractivity contribution in [3.8, 4) is 11.5 Å². The van der Waals surface area contributed by atoms with Gasteiger partial charge in [-0.15, -0.1) is 0 Å². The molecule has 140 valence electrons. The standard InChI is InChI=1S/C15H12F3NO6S/c1-24-12-5-8(15(20)21)11(6-13(12)25-2)19-26(22,23)14-9(17)3-7(16)4-10(14)18/h3-6,19H,1-2H3,(H,20,21). The number of aromatic carboxylic acids is 1. The maximum atomic E-state index is 13.8. The van der Waals surface area contributed by atoms with Gasteiger partial charge in [-0.1, -0.05) is 0 Å². The quantitative estimate of drug-likeness (QED) is 0.785. The molecule has 0 amide bonds. The lowest BCUT2D eigenvalue weighted by Gasteiger charge is -2.15. The van der Waals surface area contributed by atoms with Crippen LogP contribution >= 0.6 is 0 Å². The summed E-state index contributed by atoms with van der Waals surface area (Å²) in [5.74, 6) is -6.23. The topological polar surface area (TPSA) is 102 Å². The zero-order chi connectivity index (χ0) is 19.6. The second kappa shape index (κ2) is 7.12. The van der Waals surface area contributed by atoms with Gasteiger partial charge in [0.2, 0.25) is 0 Å². The number of anilines is 1. The highest BCUT2D eigenvalue weighted by Gasteiger charge is 2.28. The summed E-state index contributed by atoms with van der Waals surface area (Å²) in [5, 5.41) is 9.23. The number of halogens is 3. The van der Waals surface area contributed by atoms with Crippen molar-refractivity contribution >= 4 is 21.7 Å². The van der Waals surface area contributed by atoms with Crippen LogP contribution in [-0.4, -0.2) is 33.7 Å². The fourth-order valence-corrected chi connectivity index (χ4v) is 3.31. The molecule has 2 N–H and O–H groups in total. The Labute approximate surface area is 146 Å². The Morgan fingerprint density at radius 3 is 1.96 bits per heavy atom. The lowest BCUT2D eigenvalue weighted by atomic mass is 10.1. The summed E-state index contributed by atoms with van der Waals surface area (Å²) in [7, 11) is -2.47. The molecule has 0 aliphatic rings. The van der Waals surface area contributed by atoms with E-state index in [-0.39, 0.29) is 23.6 Å². The zero-order valence-electron chi connectivity index (χ0n) is 13.3. The van der Waals surface area contributed by atoms with Crippen LogP contribution in [0.25, 0.3) is 0 Å². The Hall–Kier alpha value is -2.95. The Balaban J connectivity index is 2.62. The summed E-state index contributed by atoms with van der Waals surface area (Å²) in [4.78, 5) is 9.91. The van der Waals surface area contributed by atoms with Crippen molar-refractivity contribution in [1.29, 1.82) is 0 Å². The van der Waals surface area contributed by atoms with E-state index in [1.165, 1.54) is 14.2 Å². The molecule has 2 rings (SSSR count). The van der Waals surface area contributed by atoms with E-state index in [2.05, 4.69) is 0 Å². The van der Waals surface area contributed by atoms with Gasteiger partial charge in [-0.3, -0.25) is 4.72 Å². The number of rotatable bonds is 6. The molecule has 0 spiro atoms. The average Bonchev–Trinajstić information content (AvgIpc) is 2.52. The normalized spacial score (nSPS) is 11.1. The molecule has 2 aromatic carbocycles. The van der Waals surface area contributed by atoms with Crippen LogP contribution in [0.1, 0.15) is 10.4 Å². The molecule has 0 saturated carbocycles. The highest BCUT2D eigenvalue weighted by atomic mass is 32.2. The molecule has 2 aromatic rings. The predicted molar refractivity (Wildman–Crippen MR) is 83.6 cm³/mol. The molecule has 11 heteroatoms. The van der Waals surface area contributed by atoms with Crippen molar-refractivity contribution in [3.05, 3.63) is 47.3 Å². The van der Waals surface area contributed by atoms with Crippen molar-refractivity contribution in [2.24, 2.45) is 0 Å². The number of methoxy groups -OCH3 is 2. The van der Waals surface area contributed by atoms with Crippen molar-refractivity contribution in [3.63, 3.8) is 0 Å². The fraction of sp³-hybridized carbons (Fsp3) is 0.133. The van der Waals surface area contributed by atoms with Crippen LogP contribution in [-0.2, 0) is 10.0 Å². The monoisotopic (exact) mass is 391 g/mol. The van der Waals surface area contributed by atoms with E-state index < -0.39 is 49.6 Å². The summed E-state index contributed by atoms with van der Waals surface area (Å²) in [6, 6.07) is 2.31. The van der Waals surface area contributed by atoms with Gasteiger partial charge in [0.05, 0.1) is 25.5 Å². The third-order valence-electron chi connectivity index (χ3n) is 3.23. The summed E-state index contributed by atoms with van der Waals surface area (Å²) >= 11 is 0. The number of carboxylic acid groups (broad SMARTS) is 1. The van der Waals surface area contributed by atoms with E-state index in [1.807, 2.05) is 0 Å². The van der Waals surface area contributed by atoms with Gasteiger partial charge >= 0.3 is 5.97 Å². The smallest absolute Gasteiger partial charge is 0.337 e. The van der Waals surface area contributed by atoms with Crippen molar-refractivity contribution in [2.75, 3.05) is 18.9 Å². The number of nitrogens with one attached hydrogen (secondary N) is 1. The Morgan fingerprint density at radius 2 is 1.50 bits per heavy atom. The molecule has 7 nitrogen and oxygen atoms in total. The number of hydrogen-bond acceptors (Lipinski definition) is 5. The van der Waals surface area contributed by atoms with Gasteiger partial charge in [0.25, 0.3) is 10.0 Å². The first-order valence-corrected chi connectivity index (χ1v) is 8.25. The minimum Gasteiger partial charge on any atom is -0.493 e. The molecule has 26 heavy (non-hydrogen) atoms. The molecule has 0 bridgehead atoms. The van der Waals surface area contributed by atoms with Gasteiger partial charge in [0.15, 0.2) is 16.4 Å². The van der Waals surface area contributed by atoms with Crippen LogP contribution in [0.5, 0.6) is 11.5 Å². The van der Waals surface area contributed by atoms with E-state index in [0.29, 0.717) is 0 Å². The molecule has 0 unspecified atom stereocenters. The van der Waals surface area contributed by atoms with Gasteiger partial charge in [0, 0.05) is 24.3 Å². The van der Waals surface area contributed by atoms with Gasteiger partial charge in [0.1, 0.15) is 17.5 Å². The summed E-state index contributed by atoms with van der Waals surface area (Å²) in [6.07, 6.45) is 0. The molecule has 0 atom stereocenters. The molecular weight excluding hydrogens is 379 g/mol. The second-order valence-electron chi connectivity index (χ2n) is 4.86. The lowest BCUT2D eigenvalue weighted by molar-refractivity contribution is 0.0697. The van der Waals surface area contributed by atoms with E-state index in [1.54, 1.807) is 4.72 Å². The third-order valence-corrected chi connectivity index (χ3v) is 4.65. The number of hydrogen-bond donors (Lipinski definition) is 2. The van der Waals surface area contributed by atoms with Crippen LogP contribution in [0.15, 0.2) is 29.2 Å². The number of ether oxygens (including phenoxy) is 2. The molecule has 0 aliphatic carbocycles. The highest BCUT2D eigenvalue weighted by Crippen LogP contribution is 2.35. The fourth-order valence-electron chi connectivity index (χ4n) is 2.12. The van der Waals surface area contributed by atoms with Crippen molar-refractivity contribution in [1.82, 2.24) is 0 Å². The zero-order valence-corrected chi connectivity index (χ0v) is 14.2. The molecule has 0 aliphatic heterocycles. The van der Waals surface area contributed by atoms with Crippen molar-refractivity contribution < 1.29 is 41.0 Å². The van der Waals surface area contributed by atoms with Gasteiger partial charge in [-0.25, -0.2) is 26.4 Å². The van der Waals surface area contributed by atoms with E-state index in [9.17, 15) is 31.5 Å². The van der Waals surface area contributed by atoms with Crippen LogP contribution in [0.3, 0.4) is 0 Å². The molecule has 0 heterocycles. The van der Waals surface area contributed by atoms with Crippen LogP contribution in [0.4, 0.5) is 18.9 Å². The van der Waals surface area contributed by atoms with Crippen molar-refractivity contribution in [2.45, 2.75) is 4.90 Å². The number of sulfonamides is 1. The molecule has 0 saturated heterocycles. The Kier molecular flexibility index (Phi) is 5.30. The van der Waals surface area contributed by atoms with E-state index in [4.69, 9.17) is 9.47 Å². The molecule has 0 radical (unpaired) electrons. The summed E-state index contributed by atoms with van der Waals surface area (Å²) < 4.78 is 76.8. The number of benzene rings is 2. The highest BCUT2D eigenvalue weighted by molar-refractivity contribution is 7.92. The SMILES string of the molecule is COc1cc(NS(=O)(=O)c2c(F)cc(F)cc2F)c(C(=O)O)cc1OC. The molecule has 0 fully saturated rings. The lowest BCUT2D eigenvalue weighted by Crippen LogP contribution is -2.19. The van der Waals surface area contributed by atoms with Crippen LogP contribution < -0.4 is 14.2 Å². The van der Waals surface area contributed by atoms with E-state index >= 15 is 0 Å². The summed E-state index contributed by atoms with van der Waals surface area (Å²) in [5.41, 5.74) is -1.09. The van der Waals surface area contributed by atoms with Gasteiger partial charge < -0.3 is 14.6 Å². The minimum absolute atomic E-state index is 0.00742. The Bertz CT molecular complexity index is 955. The molecule has 0 aromatic heterocycles. The third kappa shape index (κ3) is 3.67. The first-order valence-electron chi connectivity index (χ1n) is 6.77. The first-order chi connectivity index (χ1) is 12.1. The average molecular weight is 391 g/mol. The van der Waals surface area contributed by atoms with E-state index in [0.717, 1.165) is 12.1 Å². The molecular formula is C15H12F3NO6S. The van der Waals surface area contributed by atoms with Crippen LogP contribution in [0, 0.1) is 17.5 Å². The minimum atomic E-state index is -4.92. The first kappa shape index (κ1) is 19.4.